The van der Waals surface area contributed by atoms with E-state index >= 15 is 0 Å². The second-order valence-electron chi connectivity index (χ2n) is 6.26. The topological polar surface area (TPSA) is 21.3 Å². The largest absolute Gasteiger partial charge is 0.573 e. The molecule has 1 saturated heterocycles. The Labute approximate surface area is 117 Å². The Morgan fingerprint density at radius 1 is 1.20 bits per heavy atom. The minimum absolute atomic E-state index is 0.0969. The van der Waals surface area contributed by atoms with Crippen LogP contribution in [-0.4, -0.2) is 12.9 Å². The fourth-order valence-electron chi connectivity index (χ4n) is 3.02. The van der Waals surface area contributed by atoms with E-state index in [-0.39, 0.29) is 16.7 Å². The number of nitrogens with one attached hydrogen (secondary N) is 1. The van der Waals surface area contributed by atoms with Crippen LogP contribution in [0.25, 0.3) is 0 Å². The van der Waals surface area contributed by atoms with Gasteiger partial charge in [0.05, 0.1) is 0 Å². The van der Waals surface area contributed by atoms with E-state index in [0.717, 1.165) is 24.9 Å². The SMILES string of the molecule is CC(C)(C)C1(c2cccc(OC(F)(F)F)c2)CCCN1. The molecule has 0 radical (unpaired) electrons. The molecule has 0 bridgehead atoms. The van der Waals surface area contributed by atoms with Gasteiger partial charge in [-0.3, -0.25) is 0 Å². The lowest BCUT2D eigenvalue weighted by Crippen LogP contribution is -2.48. The van der Waals surface area contributed by atoms with E-state index in [2.05, 4.69) is 30.8 Å². The summed E-state index contributed by atoms with van der Waals surface area (Å²) in [7, 11) is 0. The van der Waals surface area contributed by atoms with E-state index < -0.39 is 6.36 Å². The third-order valence-corrected chi connectivity index (χ3v) is 4.00. The maximum atomic E-state index is 12.3. The molecule has 0 aromatic heterocycles. The second-order valence-corrected chi connectivity index (χ2v) is 6.26. The summed E-state index contributed by atoms with van der Waals surface area (Å²) in [6.07, 6.45) is -2.73. The molecule has 1 aliphatic rings. The average molecular weight is 287 g/mol. The number of hydrogen-bond donors (Lipinski definition) is 1. The lowest BCUT2D eigenvalue weighted by Gasteiger charge is -2.43. The van der Waals surface area contributed by atoms with Crippen LogP contribution in [0.3, 0.4) is 0 Å². The van der Waals surface area contributed by atoms with Gasteiger partial charge in [-0.2, -0.15) is 0 Å². The lowest BCUT2D eigenvalue weighted by atomic mass is 9.68. The predicted octanol–water partition coefficient (Wildman–Crippen LogP) is 4.21. The van der Waals surface area contributed by atoms with Gasteiger partial charge < -0.3 is 10.1 Å². The summed E-state index contributed by atoms with van der Waals surface area (Å²) >= 11 is 0. The van der Waals surface area contributed by atoms with Crippen molar-refractivity contribution in [2.75, 3.05) is 6.54 Å². The van der Waals surface area contributed by atoms with Crippen molar-refractivity contribution in [2.45, 2.75) is 45.5 Å². The third-order valence-electron chi connectivity index (χ3n) is 4.00. The summed E-state index contributed by atoms with van der Waals surface area (Å²) in [5.74, 6) is -0.160. The van der Waals surface area contributed by atoms with Crippen LogP contribution >= 0.6 is 0 Å². The molecule has 2 rings (SSSR count). The highest BCUT2D eigenvalue weighted by Gasteiger charge is 2.45. The van der Waals surface area contributed by atoms with E-state index in [1.54, 1.807) is 6.07 Å². The zero-order valence-electron chi connectivity index (χ0n) is 12.0. The zero-order valence-corrected chi connectivity index (χ0v) is 12.0. The van der Waals surface area contributed by atoms with Crippen molar-refractivity contribution < 1.29 is 17.9 Å². The highest BCUT2D eigenvalue weighted by Crippen LogP contribution is 2.46. The van der Waals surface area contributed by atoms with Crippen molar-refractivity contribution in [3.05, 3.63) is 29.8 Å². The van der Waals surface area contributed by atoms with Crippen LogP contribution in [0, 0.1) is 5.41 Å². The van der Waals surface area contributed by atoms with E-state index in [9.17, 15) is 13.2 Å². The van der Waals surface area contributed by atoms with E-state index in [4.69, 9.17) is 0 Å². The number of benzene rings is 1. The fraction of sp³-hybridized carbons (Fsp3) is 0.600. The van der Waals surface area contributed by atoms with Crippen molar-refractivity contribution in [3.63, 3.8) is 0 Å². The Morgan fingerprint density at radius 3 is 2.40 bits per heavy atom. The summed E-state index contributed by atoms with van der Waals surface area (Å²) in [4.78, 5) is 0. The molecular formula is C15H20F3NO. The van der Waals surface area contributed by atoms with Gasteiger partial charge in [0.25, 0.3) is 0 Å². The minimum atomic E-state index is -4.66. The fourth-order valence-corrected chi connectivity index (χ4v) is 3.02. The first-order valence-corrected chi connectivity index (χ1v) is 6.75. The van der Waals surface area contributed by atoms with Crippen LogP contribution in [0.15, 0.2) is 24.3 Å². The molecule has 0 aliphatic carbocycles. The van der Waals surface area contributed by atoms with Gasteiger partial charge >= 0.3 is 6.36 Å². The summed E-state index contributed by atoms with van der Waals surface area (Å²) in [5.41, 5.74) is 0.447. The standard InChI is InChI=1S/C15H20F3NO/c1-13(2,3)14(8-5-9-19-14)11-6-4-7-12(10-11)20-15(16,17)18/h4,6-7,10,19H,5,8-9H2,1-3H3. The molecule has 1 aliphatic heterocycles. The first-order chi connectivity index (χ1) is 9.14. The maximum absolute atomic E-state index is 12.3. The molecule has 1 heterocycles. The molecule has 0 spiro atoms. The highest BCUT2D eigenvalue weighted by atomic mass is 19.4. The number of hydrogen-bond acceptors (Lipinski definition) is 2. The molecule has 2 nitrogen and oxygen atoms in total. The van der Waals surface area contributed by atoms with Crippen molar-refractivity contribution in [1.29, 1.82) is 0 Å². The Morgan fingerprint density at radius 2 is 1.90 bits per heavy atom. The van der Waals surface area contributed by atoms with Gasteiger partial charge in [-0.15, -0.1) is 13.2 Å². The van der Waals surface area contributed by atoms with Crippen LogP contribution in [0.5, 0.6) is 5.75 Å². The highest BCUT2D eigenvalue weighted by molar-refractivity contribution is 5.36. The van der Waals surface area contributed by atoms with E-state index in [0.29, 0.717) is 0 Å². The summed E-state index contributed by atoms with van der Waals surface area (Å²) in [6, 6.07) is 6.32. The van der Waals surface area contributed by atoms with Crippen molar-refractivity contribution in [2.24, 2.45) is 5.41 Å². The predicted molar refractivity (Wildman–Crippen MR) is 71.5 cm³/mol. The first kappa shape index (κ1) is 15.2. The molecule has 0 amide bonds. The van der Waals surface area contributed by atoms with E-state index in [1.807, 2.05) is 6.07 Å². The maximum Gasteiger partial charge on any atom is 0.573 e. The molecular weight excluding hydrogens is 267 g/mol. The molecule has 1 N–H and O–H groups in total. The Bertz CT molecular complexity index is 471. The van der Waals surface area contributed by atoms with Gasteiger partial charge in [-0.25, -0.2) is 0 Å². The smallest absolute Gasteiger partial charge is 0.406 e. The molecule has 1 unspecified atom stereocenters. The van der Waals surface area contributed by atoms with E-state index in [1.165, 1.54) is 12.1 Å². The number of alkyl halides is 3. The molecule has 20 heavy (non-hydrogen) atoms. The van der Waals surface area contributed by atoms with Crippen molar-refractivity contribution >= 4 is 0 Å². The van der Waals surface area contributed by atoms with Gasteiger partial charge in [-0.1, -0.05) is 32.9 Å². The molecule has 1 aromatic carbocycles. The van der Waals surface area contributed by atoms with Gasteiger partial charge in [0, 0.05) is 5.54 Å². The zero-order chi connectivity index (χ0) is 15.0. The van der Waals surface area contributed by atoms with Gasteiger partial charge in [0.2, 0.25) is 0 Å². The first-order valence-electron chi connectivity index (χ1n) is 6.75. The van der Waals surface area contributed by atoms with Gasteiger partial charge in [0.1, 0.15) is 5.75 Å². The molecule has 0 saturated carbocycles. The quantitative estimate of drug-likeness (QED) is 0.879. The summed E-state index contributed by atoms with van der Waals surface area (Å²) in [5, 5.41) is 3.48. The molecule has 5 heteroatoms. The summed E-state index contributed by atoms with van der Waals surface area (Å²) < 4.78 is 41.1. The number of rotatable bonds is 2. The molecule has 1 fully saturated rings. The number of ether oxygens (including phenoxy) is 1. The second kappa shape index (κ2) is 4.95. The van der Waals surface area contributed by atoms with Crippen LogP contribution in [0.4, 0.5) is 13.2 Å². The lowest BCUT2D eigenvalue weighted by molar-refractivity contribution is -0.274. The molecule has 1 atom stereocenters. The normalized spacial score (nSPS) is 23.9. The van der Waals surface area contributed by atoms with Crippen LogP contribution in [0.1, 0.15) is 39.2 Å². The van der Waals surface area contributed by atoms with Crippen LogP contribution in [-0.2, 0) is 5.54 Å². The van der Waals surface area contributed by atoms with Gasteiger partial charge in [0.15, 0.2) is 0 Å². The van der Waals surface area contributed by atoms with Crippen molar-refractivity contribution in [1.82, 2.24) is 5.32 Å². The Balaban J connectivity index is 2.38. The average Bonchev–Trinajstić information content (AvgIpc) is 2.76. The third kappa shape index (κ3) is 2.92. The Kier molecular flexibility index (Phi) is 3.75. The van der Waals surface area contributed by atoms with Gasteiger partial charge in [-0.05, 0) is 42.5 Å². The number of halogens is 3. The molecule has 1 aromatic rings. The van der Waals surface area contributed by atoms with Crippen molar-refractivity contribution in [3.8, 4) is 5.75 Å². The molecule has 112 valence electrons. The minimum Gasteiger partial charge on any atom is -0.406 e. The Hall–Kier alpha value is -1.23. The van der Waals surface area contributed by atoms with Crippen LogP contribution in [0.2, 0.25) is 0 Å². The van der Waals surface area contributed by atoms with Crippen LogP contribution < -0.4 is 10.1 Å². The monoisotopic (exact) mass is 287 g/mol. The summed E-state index contributed by atoms with van der Waals surface area (Å²) in [6.45, 7) is 7.18.